The minimum atomic E-state index is -3.28. The highest BCUT2D eigenvalue weighted by Crippen LogP contribution is 2.33. The average molecular weight is 320 g/mol. The second-order valence-corrected chi connectivity index (χ2v) is 6.93. The lowest BCUT2D eigenvalue weighted by Gasteiger charge is -2.18. The van der Waals surface area contributed by atoms with Crippen molar-refractivity contribution in [2.24, 2.45) is 0 Å². The third-order valence-electron chi connectivity index (χ3n) is 3.04. The summed E-state index contributed by atoms with van der Waals surface area (Å²) in [6, 6.07) is 4.24. The SMILES string of the molecule is CS(=O)(=O)NC1CCN(c2ccc(Cl)cc2[N+](=O)[O-])C1. The summed E-state index contributed by atoms with van der Waals surface area (Å²) < 4.78 is 24.9. The Bertz CT molecular complexity index is 635. The molecule has 1 N–H and O–H groups in total. The van der Waals surface area contributed by atoms with Gasteiger partial charge in [-0.15, -0.1) is 0 Å². The van der Waals surface area contributed by atoms with Crippen LogP contribution >= 0.6 is 11.6 Å². The summed E-state index contributed by atoms with van der Waals surface area (Å²) in [6.45, 7) is 0.950. The van der Waals surface area contributed by atoms with Gasteiger partial charge in [0.2, 0.25) is 10.0 Å². The van der Waals surface area contributed by atoms with Crippen molar-refractivity contribution >= 4 is 33.0 Å². The highest BCUT2D eigenvalue weighted by atomic mass is 35.5. The number of rotatable bonds is 4. The quantitative estimate of drug-likeness (QED) is 0.668. The molecule has 0 saturated carbocycles. The van der Waals surface area contributed by atoms with Crippen LogP contribution in [0.25, 0.3) is 0 Å². The molecule has 0 aromatic heterocycles. The summed E-state index contributed by atoms with van der Waals surface area (Å²) in [5, 5.41) is 11.3. The number of halogens is 1. The largest absolute Gasteiger partial charge is 0.364 e. The number of nitro benzene ring substituents is 1. The van der Waals surface area contributed by atoms with Crippen LogP contribution in [-0.4, -0.2) is 38.7 Å². The van der Waals surface area contributed by atoms with E-state index in [0.29, 0.717) is 30.2 Å². The summed E-state index contributed by atoms with van der Waals surface area (Å²) in [6.07, 6.45) is 1.70. The zero-order chi connectivity index (χ0) is 14.9. The predicted octanol–water partition coefficient (Wildman–Crippen LogP) is 1.38. The van der Waals surface area contributed by atoms with Gasteiger partial charge in [0.1, 0.15) is 5.69 Å². The lowest BCUT2D eigenvalue weighted by molar-refractivity contribution is -0.384. The third-order valence-corrected chi connectivity index (χ3v) is 4.04. The molecule has 1 aromatic carbocycles. The maximum Gasteiger partial charge on any atom is 0.294 e. The fourth-order valence-electron chi connectivity index (χ4n) is 2.29. The molecule has 1 atom stereocenters. The summed E-state index contributed by atoms with van der Waals surface area (Å²) in [5.41, 5.74) is 0.384. The molecule has 1 unspecified atom stereocenters. The first kappa shape index (κ1) is 15.0. The summed E-state index contributed by atoms with van der Waals surface area (Å²) >= 11 is 5.77. The van der Waals surface area contributed by atoms with Crippen LogP contribution < -0.4 is 9.62 Å². The summed E-state index contributed by atoms with van der Waals surface area (Å²) in [5.74, 6) is 0. The first-order chi connectivity index (χ1) is 9.26. The molecular formula is C11H14ClN3O4S. The van der Waals surface area contributed by atoms with Gasteiger partial charge in [-0.25, -0.2) is 13.1 Å². The van der Waals surface area contributed by atoms with Crippen molar-refractivity contribution in [1.82, 2.24) is 4.72 Å². The van der Waals surface area contributed by atoms with E-state index in [-0.39, 0.29) is 11.7 Å². The topological polar surface area (TPSA) is 92.6 Å². The van der Waals surface area contributed by atoms with Gasteiger partial charge in [-0.2, -0.15) is 0 Å². The molecule has 9 heteroatoms. The standard InChI is InChI=1S/C11H14ClN3O4S/c1-20(18,19)13-9-4-5-14(7-9)10-3-2-8(12)6-11(10)15(16)17/h2-3,6,9,13H,4-5,7H2,1H3. The Hall–Kier alpha value is -1.38. The van der Waals surface area contributed by atoms with E-state index >= 15 is 0 Å². The lowest BCUT2D eigenvalue weighted by Crippen LogP contribution is -2.36. The molecule has 110 valence electrons. The minimum Gasteiger partial charge on any atom is -0.364 e. The van der Waals surface area contributed by atoms with Crippen molar-refractivity contribution < 1.29 is 13.3 Å². The number of hydrogen-bond acceptors (Lipinski definition) is 5. The van der Waals surface area contributed by atoms with Gasteiger partial charge in [0, 0.05) is 30.2 Å². The van der Waals surface area contributed by atoms with Crippen LogP contribution in [0.1, 0.15) is 6.42 Å². The van der Waals surface area contributed by atoms with Gasteiger partial charge in [0.15, 0.2) is 0 Å². The third kappa shape index (κ3) is 3.59. The molecule has 1 heterocycles. The molecule has 20 heavy (non-hydrogen) atoms. The Labute approximate surface area is 121 Å². The fraction of sp³-hybridized carbons (Fsp3) is 0.455. The van der Waals surface area contributed by atoms with Crippen molar-refractivity contribution in [3.05, 3.63) is 33.3 Å². The van der Waals surface area contributed by atoms with Crippen LogP contribution in [0.2, 0.25) is 5.02 Å². The molecule has 7 nitrogen and oxygen atoms in total. The zero-order valence-electron chi connectivity index (χ0n) is 10.7. The van der Waals surface area contributed by atoms with E-state index in [1.165, 1.54) is 6.07 Å². The smallest absolute Gasteiger partial charge is 0.294 e. The monoisotopic (exact) mass is 319 g/mol. The van der Waals surface area contributed by atoms with Crippen LogP contribution in [0, 0.1) is 10.1 Å². The Morgan fingerprint density at radius 3 is 2.80 bits per heavy atom. The number of nitro groups is 1. The van der Waals surface area contributed by atoms with Gasteiger partial charge in [-0.3, -0.25) is 10.1 Å². The van der Waals surface area contributed by atoms with Gasteiger partial charge < -0.3 is 4.90 Å². The van der Waals surface area contributed by atoms with E-state index in [0.717, 1.165) is 6.26 Å². The summed E-state index contributed by atoms with van der Waals surface area (Å²) in [7, 11) is -3.28. The van der Waals surface area contributed by atoms with E-state index in [1.807, 2.05) is 0 Å². The number of nitrogens with zero attached hydrogens (tertiary/aromatic N) is 2. The molecule has 1 fully saturated rings. The van der Waals surface area contributed by atoms with Crippen LogP contribution in [0.5, 0.6) is 0 Å². The maximum atomic E-state index is 11.2. The minimum absolute atomic E-state index is 0.0718. The molecule has 2 rings (SSSR count). The van der Waals surface area contributed by atoms with Crippen molar-refractivity contribution in [1.29, 1.82) is 0 Å². The predicted molar refractivity (Wildman–Crippen MR) is 76.7 cm³/mol. The van der Waals surface area contributed by atoms with Crippen molar-refractivity contribution in [3.8, 4) is 0 Å². The first-order valence-electron chi connectivity index (χ1n) is 5.92. The highest BCUT2D eigenvalue weighted by Gasteiger charge is 2.29. The molecule has 0 bridgehead atoms. The van der Waals surface area contributed by atoms with E-state index in [2.05, 4.69) is 4.72 Å². The summed E-state index contributed by atoms with van der Waals surface area (Å²) in [4.78, 5) is 12.4. The van der Waals surface area contributed by atoms with Gasteiger partial charge >= 0.3 is 0 Å². The van der Waals surface area contributed by atoms with Gasteiger partial charge in [0.05, 0.1) is 11.2 Å². The highest BCUT2D eigenvalue weighted by molar-refractivity contribution is 7.88. The second-order valence-electron chi connectivity index (χ2n) is 4.71. The fourth-order valence-corrected chi connectivity index (χ4v) is 3.25. The molecular weight excluding hydrogens is 306 g/mol. The molecule has 0 radical (unpaired) electrons. The van der Waals surface area contributed by atoms with Crippen molar-refractivity contribution in [3.63, 3.8) is 0 Å². The average Bonchev–Trinajstić information content (AvgIpc) is 2.74. The van der Waals surface area contributed by atoms with Crippen LogP contribution in [-0.2, 0) is 10.0 Å². The van der Waals surface area contributed by atoms with E-state index in [9.17, 15) is 18.5 Å². The molecule has 0 aliphatic carbocycles. The normalized spacial score (nSPS) is 19.3. The molecule has 1 aliphatic heterocycles. The Morgan fingerprint density at radius 1 is 1.50 bits per heavy atom. The number of hydrogen-bond donors (Lipinski definition) is 1. The first-order valence-corrected chi connectivity index (χ1v) is 8.19. The Balaban J connectivity index is 2.20. The molecule has 1 aromatic rings. The zero-order valence-corrected chi connectivity index (χ0v) is 12.3. The molecule has 0 amide bonds. The number of nitrogens with one attached hydrogen (secondary N) is 1. The van der Waals surface area contributed by atoms with Gasteiger partial charge in [-0.05, 0) is 18.6 Å². The van der Waals surface area contributed by atoms with Crippen molar-refractivity contribution in [2.75, 3.05) is 24.2 Å². The van der Waals surface area contributed by atoms with Gasteiger partial charge in [0.25, 0.3) is 5.69 Å². The van der Waals surface area contributed by atoms with Crippen LogP contribution in [0.15, 0.2) is 18.2 Å². The lowest BCUT2D eigenvalue weighted by atomic mass is 10.2. The number of anilines is 1. The van der Waals surface area contributed by atoms with Crippen molar-refractivity contribution in [2.45, 2.75) is 12.5 Å². The van der Waals surface area contributed by atoms with E-state index < -0.39 is 14.9 Å². The molecule has 0 spiro atoms. The van der Waals surface area contributed by atoms with Gasteiger partial charge in [-0.1, -0.05) is 11.6 Å². The van der Waals surface area contributed by atoms with E-state index in [4.69, 9.17) is 11.6 Å². The van der Waals surface area contributed by atoms with E-state index in [1.54, 1.807) is 17.0 Å². The van der Waals surface area contributed by atoms with Crippen LogP contribution in [0.4, 0.5) is 11.4 Å². The molecule has 1 saturated heterocycles. The second kappa shape index (κ2) is 5.55. The Morgan fingerprint density at radius 2 is 2.20 bits per heavy atom. The van der Waals surface area contributed by atoms with Crippen LogP contribution in [0.3, 0.4) is 0 Å². The number of benzene rings is 1. The number of sulfonamides is 1. The Kier molecular flexibility index (Phi) is 4.17. The molecule has 1 aliphatic rings. The maximum absolute atomic E-state index is 11.2.